The highest BCUT2D eigenvalue weighted by molar-refractivity contribution is 7.80. The molecule has 0 atom stereocenters. The van der Waals surface area contributed by atoms with Crippen LogP contribution in [0.4, 0.5) is 0 Å². The van der Waals surface area contributed by atoms with Crippen LogP contribution in [0.5, 0.6) is 5.75 Å². The van der Waals surface area contributed by atoms with Crippen molar-refractivity contribution in [2.75, 3.05) is 39.8 Å². The molecule has 1 aliphatic rings. The Morgan fingerprint density at radius 1 is 1.30 bits per heavy atom. The largest absolute Gasteiger partial charge is 0.497 e. The van der Waals surface area contributed by atoms with E-state index in [1.165, 1.54) is 5.56 Å². The number of quaternary nitrogens is 1. The molecule has 2 N–H and O–H groups in total. The highest BCUT2D eigenvalue weighted by Crippen LogP contribution is 2.10. The maximum atomic E-state index is 5.36. The summed E-state index contributed by atoms with van der Waals surface area (Å²) in [5.74, 6) is 0.921. The number of thiocarbonyl (C=S) groups is 1. The topological polar surface area (TPSA) is 28.9 Å². The van der Waals surface area contributed by atoms with Gasteiger partial charge in [0.2, 0.25) is 0 Å². The van der Waals surface area contributed by atoms with Crippen LogP contribution in [-0.4, -0.2) is 49.8 Å². The van der Waals surface area contributed by atoms with Gasteiger partial charge in [0.15, 0.2) is 5.11 Å². The van der Waals surface area contributed by atoms with Crippen LogP contribution in [0, 0.1) is 0 Å². The third-order valence-electron chi connectivity index (χ3n) is 3.70. The number of piperazine rings is 1. The number of benzene rings is 1. The third-order valence-corrected chi connectivity index (χ3v) is 4.10. The van der Waals surface area contributed by atoms with Crippen LogP contribution in [0.3, 0.4) is 0 Å². The van der Waals surface area contributed by atoms with E-state index in [2.05, 4.69) is 29.3 Å². The van der Waals surface area contributed by atoms with Gasteiger partial charge in [-0.05, 0) is 43.4 Å². The summed E-state index contributed by atoms with van der Waals surface area (Å²) in [5.41, 5.74) is 1.36. The summed E-state index contributed by atoms with van der Waals surface area (Å²) in [7, 11) is 1.70. The fraction of sp³-hybridized carbons (Fsp3) is 0.533. The van der Waals surface area contributed by atoms with Crippen molar-refractivity contribution in [1.82, 2.24) is 10.2 Å². The van der Waals surface area contributed by atoms with Crippen LogP contribution in [0.1, 0.15) is 12.5 Å². The summed E-state index contributed by atoms with van der Waals surface area (Å²) < 4.78 is 5.19. The Bertz CT molecular complexity index is 427. The van der Waals surface area contributed by atoms with E-state index < -0.39 is 0 Å². The van der Waals surface area contributed by atoms with Crippen molar-refractivity contribution in [2.24, 2.45) is 0 Å². The lowest BCUT2D eigenvalue weighted by Gasteiger charge is -2.33. The standard InChI is InChI=1S/C15H23N3OS/c1-3-16-15(20)18-10-8-17(9-11-18)12-13-4-6-14(19-2)7-5-13/h4-7H,3,8-12H2,1-2H3,(H,16,20)/p+1. The lowest BCUT2D eigenvalue weighted by molar-refractivity contribution is -0.917. The van der Waals surface area contributed by atoms with Gasteiger partial charge in [0, 0.05) is 12.1 Å². The van der Waals surface area contributed by atoms with Gasteiger partial charge in [-0.3, -0.25) is 0 Å². The molecule has 0 aromatic heterocycles. The molecule has 1 aliphatic heterocycles. The van der Waals surface area contributed by atoms with Crippen LogP contribution in [-0.2, 0) is 6.54 Å². The van der Waals surface area contributed by atoms with E-state index in [1.54, 1.807) is 12.0 Å². The Morgan fingerprint density at radius 2 is 1.95 bits per heavy atom. The third kappa shape index (κ3) is 4.08. The van der Waals surface area contributed by atoms with Gasteiger partial charge in [-0.1, -0.05) is 0 Å². The Morgan fingerprint density at radius 3 is 2.50 bits per heavy atom. The number of nitrogens with zero attached hydrogens (tertiary/aromatic N) is 1. The predicted molar refractivity (Wildman–Crippen MR) is 85.2 cm³/mol. The molecule has 1 fully saturated rings. The molecule has 1 aromatic rings. The molecule has 4 nitrogen and oxygen atoms in total. The van der Waals surface area contributed by atoms with Gasteiger partial charge < -0.3 is 19.9 Å². The zero-order valence-corrected chi connectivity index (χ0v) is 13.1. The van der Waals surface area contributed by atoms with Crippen molar-refractivity contribution in [3.63, 3.8) is 0 Å². The smallest absolute Gasteiger partial charge is 0.169 e. The molecule has 0 amide bonds. The lowest BCUT2D eigenvalue weighted by Crippen LogP contribution is -3.13. The number of ether oxygens (including phenoxy) is 1. The van der Waals surface area contributed by atoms with Crippen LogP contribution in [0.25, 0.3) is 0 Å². The highest BCUT2D eigenvalue weighted by atomic mass is 32.1. The fourth-order valence-electron chi connectivity index (χ4n) is 2.50. The minimum absolute atomic E-state index is 0.899. The van der Waals surface area contributed by atoms with E-state index in [-0.39, 0.29) is 0 Å². The predicted octanol–water partition coefficient (Wildman–Crippen LogP) is 0.290. The first kappa shape index (κ1) is 15.1. The summed E-state index contributed by atoms with van der Waals surface area (Å²) in [6, 6.07) is 8.37. The van der Waals surface area contributed by atoms with Gasteiger partial charge in [-0.15, -0.1) is 0 Å². The summed E-state index contributed by atoms with van der Waals surface area (Å²) in [6.07, 6.45) is 0. The molecule has 0 bridgehead atoms. The quantitative estimate of drug-likeness (QED) is 0.781. The first-order valence-electron chi connectivity index (χ1n) is 7.22. The summed E-state index contributed by atoms with van der Waals surface area (Å²) in [5, 5.41) is 4.13. The van der Waals surface area contributed by atoms with Crippen molar-refractivity contribution in [2.45, 2.75) is 13.5 Å². The Hall–Kier alpha value is -1.33. The van der Waals surface area contributed by atoms with Gasteiger partial charge in [0.1, 0.15) is 12.3 Å². The second-order valence-corrected chi connectivity index (χ2v) is 5.48. The van der Waals surface area contributed by atoms with Crippen LogP contribution in [0.2, 0.25) is 0 Å². The van der Waals surface area contributed by atoms with E-state index in [0.29, 0.717) is 0 Å². The van der Waals surface area contributed by atoms with E-state index in [1.807, 2.05) is 12.1 Å². The maximum Gasteiger partial charge on any atom is 0.169 e. The average Bonchev–Trinajstić information content (AvgIpc) is 2.49. The van der Waals surface area contributed by atoms with Crippen LogP contribution in [0.15, 0.2) is 24.3 Å². The maximum absolute atomic E-state index is 5.36. The lowest BCUT2D eigenvalue weighted by atomic mass is 10.2. The minimum Gasteiger partial charge on any atom is -0.497 e. The van der Waals surface area contributed by atoms with Gasteiger partial charge in [0.05, 0.1) is 33.3 Å². The van der Waals surface area contributed by atoms with Crippen molar-refractivity contribution in [3.8, 4) is 5.75 Å². The molecule has 1 saturated heterocycles. The summed E-state index contributed by atoms with van der Waals surface area (Å²) >= 11 is 5.36. The molecular formula is C15H24N3OS+. The zero-order valence-electron chi connectivity index (χ0n) is 12.3. The van der Waals surface area contributed by atoms with E-state index in [9.17, 15) is 0 Å². The molecule has 1 aromatic carbocycles. The molecule has 0 saturated carbocycles. The first-order valence-corrected chi connectivity index (χ1v) is 7.63. The number of hydrogen-bond acceptors (Lipinski definition) is 2. The first-order chi connectivity index (χ1) is 9.72. The number of hydrogen-bond donors (Lipinski definition) is 2. The van der Waals surface area contributed by atoms with E-state index in [4.69, 9.17) is 17.0 Å². The van der Waals surface area contributed by atoms with Gasteiger partial charge in [-0.2, -0.15) is 0 Å². The number of nitrogens with one attached hydrogen (secondary N) is 2. The molecule has 0 aliphatic carbocycles. The normalized spacial score (nSPS) is 16.0. The molecule has 0 unspecified atom stereocenters. The van der Waals surface area contributed by atoms with Gasteiger partial charge in [-0.25, -0.2) is 0 Å². The molecule has 0 radical (unpaired) electrons. The number of rotatable bonds is 4. The Kier molecular flexibility index (Phi) is 5.61. The number of methoxy groups -OCH3 is 1. The second-order valence-electron chi connectivity index (χ2n) is 5.10. The molecule has 2 rings (SSSR count). The summed E-state index contributed by atoms with van der Waals surface area (Å²) in [4.78, 5) is 3.89. The van der Waals surface area contributed by atoms with Gasteiger partial charge in [0.25, 0.3) is 0 Å². The van der Waals surface area contributed by atoms with Gasteiger partial charge >= 0.3 is 0 Å². The van der Waals surface area contributed by atoms with Crippen molar-refractivity contribution in [1.29, 1.82) is 0 Å². The second kappa shape index (κ2) is 7.45. The average molecular weight is 294 g/mol. The molecule has 0 spiro atoms. The minimum atomic E-state index is 0.899. The molecular weight excluding hydrogens is 270 g/mol. The molecule has 110 valence electrons. The van der Waals surface area contributed by atoms with Crippen LogP contribution >= 0.6 is 12.2 Å². The van der Waals surface area contributed by atoms with E-state index >= 15 is 0 Å². The molecule has 20 heavy (non-hydrogen) atoms. The SMILES string of the molecule is CCNC(=S)N1CC[NH+](Cc2ccc(OC)cc2)CC1. The summed E-state index contributed by atoms with van der Waals surface area (Å²) in [6.45, 7) is 8.41. The Balaban J connectivity index is 1.80. The molecule has 1 heterocycles. The van der Waals surface area contributed by atoms with Crippen LogP contribution < -0.4 is 15.0 Å². The van der Waals surface area contributed by atoms with Crippen molar-refractivity contribution < 1.29 is 9.64 Å². The van der Waals surface area contributed by atoms with Crippen molar-refractivity contribution in [3.05, 3.63) is 29.8 Å². The van der Waals surface area contributed by atoms with Crippen molar-refractivity contribution >= 4 is 17.3 Å². The van der Waals surface area contributed by atoms with E-state index in [0.717, 1.165) is 50.1 Å². The fourth-order valence-corrected chi connectivity index (χ4v) is 2.82. The zero-order chi connectivity index (χ0) is 14.4. The highest BCUT2D eigenvalue weighted by Gasteiger charge is 2.21. The monoisotopic (exact) mass is 294 g/mol. The Labute approximate surface area is 126 Å². The molecule has 5 heteroatoms.